The molecule has 1 amide bonds. The first-order valence-electron chi connectivity index (χ1n) is 7.12. The Bertz CT molecular complexity index is 222. The van der Waals surface area contributed by atoms with E-state index in [-0.39, 0.29) is 0 Å². The Morgan fingerprint density at radius 1 is 1.47 bits per heavy atom. The van der Waals surface area contributed by atoms with Crippen LogP contribution in [0.15, 0.2) is 0 Å². The molecule has 0 saturated carbocycles. The van der Waals surface area contributed by atoms with Crippen LogP contribution in [0, 0.1) is 11.8 Å². The highest BCUT2D eigenvalue weighted by atomic mass is 16.2. The van der Waals surface area contributed by atoms with Crippen molar-refractivity contribution in [3.63, 3.8) is 0 Å². The van der Waals surface area contributed by atoms with Gasteiger partial charge in [-0.1, -0.05) is 20.8 Å². The maximum atomic E-state index is 12.1. The summed E-state index contributed by atoms with van der Waals surface area (Å²) in [6.07, 6.45) is 4.27. The van der Waals surface area contributed by atoms with E-state index in [1.807, 2.05) is 0 Å². The van der Waals surface area contributed by atoms with E-state index in [0.717, 1.165) is 32.6 Å². The van der Waals surface area contributed by atoms with E-state index in [0.29, 0.717) is 24.2 Å². The summed E-state index contributed by atoms with van der Waals surface area (Å²) < 4.78 is 0. The molecule has 1 fully saturated rings. The van der Waals surface area contributed by atoms with Crippen LogP contribution in [0.25, 0.3) is 0 Å². The van der Waals surface area contributed by atoms with Crippen LogP contribution < -0.4 is 5.32 Å². The summed E-state index contributed by atoms with van der Waals surface area (Å²) in [7, 11) is 0. The molecule has 0 radical (unpaired) electrons. The smallest absolute Gasteiger partial charge is 0.222 e. The highest BCUT2D eigenvalue weighted by molar-refractivity contribution is 5.76. The summed E-state index contributed by atoms with van der Waals surface area (Å²) in [4.78, 5) is 14.2. The fourth-order valence-corrected chi connectivity index (χ4v) is 2.46. The van der Waals surface area contributed by atoms with Gasteiger partial charge in [-0.15, -0.1) is 0 Å². The van der Waals surface area contributed by atoms with Crippen molar-refractivity contribution < 1.29 is 4.79 Å². The maximum Gasteiger partial charge on any atom is 0.222 e. The summed E-state index contributed by atoms with van der Waals surface area (Å²) in [5.74, 6) is 1.46. The third-order valence-corrected chi connectivity index (χ3v) is 3.31. The lowest BCUT2D eigenvalue weighted by Gasteiger charge is -2.30. The van der Waals surface area contributed by atoms with Crippen LogP contribution in [-0.2, 0) is 4.79 Å². The van der Waals surface area contributed by atoms with Gasteiger partial charge in [-0.05, 0) is 44.2 Å². The lowest BCUT2D eigenvalue weighted by atomic mass is 9.98. The predicted octanol–water partition coefficient (Wildman–Crippen LogP) is 2.27. The summed E-state index contributed by atoms with van der Waals surface area (Å²) in [6, 6.07) is 0. The van der Waals surface area contributed by atoms with Crippen molar-refractivity contribution >= 4 is 5.91 Å². The standard InChI is InChI=1S/C14H28N2O/c1-4-8-16(14(17)9-12(2)3)11-13-6-5-7-15-10-13/h12-13,15H,4-11H2,1-3H3. The number of rotatable bonds is 6. The van der Waals surface area contributed by atoms with Crippen LogP contribution in [0.3, 0.4) is 0 Å². The lowest BCUT2D eigenvalue weighted by molar-refractivity contribution is -0.132. The molecule has 0 aromatic heterocycles. The molecule has 17 heavy (non-hydrogen) atoms. The second-order valence-corrected chi connectivity index (χ2v) is 5.65. The van der Waals surface area contributed by atoms with Crippen LogP contribution in [0.1, 0.15) is 46.5 Å². The number of amides is 1. The minimum atomic E-state index is 0.340. The zero-order chi connectivity index (χ0) is 12.7. The second-order valence-electron chi connectivity index (χ2n) is 5.65. The number of hydrogen-bond donors (Lipinski definition) is 1. The van der Waals surface area contributed by atoms with E-state index in [1.165, 1.54) is 12.8 Å². The molecule has 1 unspecified atom stereocenters. The van der Waals surface area contributed by atoms with Crippen molar-refractivity contribution in [2.24, 2.45) is 11.8 Å². The van der Waals surface area contributed by atoms with E-state index in [2.05, 4.69) is 31.0 Å². The van der Waals surface area contributed by atoms with Crippen molar-refractivity contribution in [2.75, 3.05) is 26.2 Å². The van der Waals surface area contributed by atoms with Crippen molar-refractivity contribution in [2.45, 2.75) is 46.5 Å². The molecule has 0 aliphatic carbocycles. The molecular weight excluding hydrogens is 212 g/mol. The molecule has 0 aromatic rings. The number of carbonyl (C=O) groups is 1. The normalized spacial score (nSPS) is 20.6. The van der Waals surface area contributed by atoms with Gasteiger partial charge in [0.2, 0.25) is 5.91 Å². The maximum absolute atomic E-state index is 12.1. The summed E-state index contributed by atoms with van der Waals surface area (Å²) in [5.41, 5.74) is 0. The summed E-state index contributed by atoms with van der Waals surface area (Å²) in [5, 5.41) is 3.42. The first kappa shape index (κ1) is 14.5. The van der Waals surface area contributed by atoms with E-state index in [9.17, 15) is 4.79 Å². The molecule has 100 valence electrons. The molecule has 0 aromatic carbocycles. The monoisotopic (exact) mass is 240 g/mol. The Morgan fingerprint density at radius 2 is 2.24 bits per heavy atom. The third kappa shape index (κ3) is 5.53. The fraction of sp³-hybridized carbons (Fsp3) is 0.929. The topological polar surface area (TPSA) is 32.3 Å². The molecule has 3 heteroatoms. The summed E-state index contributed by atoms with van der Waals surface area (Å²) in [6.45, 7) is 10.5. The van der Waals surface area contributed by atoms with E-state index in [1.54, 1.807) is 0 Å². The minimum absolute atomic E-state index is 0.340. The SMILES string of the molecule is CCCN(CC1CCCNC1)C(=O)CC(C)C. The van der Waals surface area contributed by atoms with Gasteiger partial charge in [-0.2, -0.15) is 0 Å². The number of hydrogen-bond acceptors (Lipinski definition) is 2. The molecular formula is C14H28N2O. The first-order valence-corrected chi connectivity index (χ1v) is 7.12. The molecule has 1 atom stereocenters. The fourth-order valence-electron chi connectivity index (χ4n) is 2.46. The van der Waals surface area contributed by atoms with Crippen LogP contribution >= 0.6 is 0 Å². The molecule has 0 spiro atoms. The zero-order valence-electron chi connectivity index (χ0n) is 11.7. The Balaban J connectivity index is 2.43. The Hall–Kier alpha value is -0.570. The Kier molecular flexibility index (Phi) is 6.56. The predicted molar refractivity (Wildman–Crippen MR) is 71.9 cm³/mol. The van der Waals surface area contributed by atoms with Gasteiger partial charge in [0.05, 0.1) is 0 Å². The van der Waals surface area contributed by atoms with Crippen molar-refractivity contribution in [1.29, 1.82) is 0 Å². The van der Waals surface area contributed by atoms with Crippen molar-refractivity contribution in [3.05, 3.63) is 0 Å². The van der Waals surface area contributed by atoms with Crippen LogP contribution in [0.5, 0.6) is 0 Å². The molecule has 1 aliphatic heterocycles. The highest BCUT2D eigenvalue weighted by Crippen LogP contribution is 2.14. The van der Waals surface area contributed by atoms with Crippen LogP contribution in [-0.4, -0.2) is 37.0 Å². The molecule has 1 aliphatic rings. The molecule has 1 saturated heterocycles. The van der Waals surface area contributed by atoms with Gasteiger partial charge in [0.1, 0.15) is 0 Å². The Labute approximate surface area is 106 Å². The van der Waals surface area contributed by atoms with Gasteiger partial charge in [-0.3, -0.25) is 4.79 Å². The van der Waals surface area contributed by atoms with Gasteiger partial charge in [0.25, 0.3) is 0 Å². The molecule has 0 bridgehead atoms. The van der Waals surface area contributed by atoms with E-state index >= 15 is 0 Å². The van der Waals surface area contributed by atoms with Gasteiger partial charge in [0, 0.05) is 19.5 Å². The number of nitrogens with one attached hydrogen (secondary N) is 1. The van der Waals surface area contributed by atoms with Crippen LogP contribution in [0.4, 0.5) is 0 Å². The van der Waals surface area contributed by atoms with Crippen molar-refractivity contribution in [3.8, 4) is 0 Å². The lowest BCUT2D eigenvalue weighted by Crippen LogP contribution is -2.41. The molecule has 3 nitrogen and oxygen atoms in total. The minimum Gasteiger partial charge on any atom is -0.342 e. The number of carbonyl (C=O) groups excluding carboxylic acids is 1. The van der Waals surface area contributed by atoms with E-state index in [4.69, 9.17) is 0 Å². The molecule has 1 rings (SSSR count). The number of nitrogens with zero attached hydrogens (tertiary/aromatic N) is 1. The van der Waals surface area contributed by atoms with Gasteiger partial charge in [0.15, 0.2) is 0 Å². The largest absolute Gasteiger partial charge is 0.342 e. The number of piperidine rings is 1. The molecule has 1 heterocycles. The average Bonchev–Trinajstić information content (AvgIpc) is 2.29. The third-order valence-electron chi connectivity index (χ3n) is 3.31. The average molecular weight is 240 g/mol. The first-order chi connectivity index (χ1) is 8.13. The summed E-state index contributed by atoms with van der Waals surface area (Å²) >= 11 is 0. The van der Waals surface area contributed by atoms with Crippen molar-refractivity contribution in [1.82, 2.24) is 10.2 Å². The van der Waals surface area contributed by atoms with E-state index < -0.39 is 0 Å². The van der Waals surface area contributed by atoms with Gasteiger partial charge >= 0.3 is 0 Å². The Morgan fingerprint density at radius 3 is 2.76 bits per heavy atom. The second kappa shape index (κ2) is 7.70. The highest BCUT2D eigenvalue weighted by Gasteiger charge is 2.20. The molecule has 1 N–H and O–H groups in total. The van der Waals surface area contributed by atoms with Gasteiger partial charge < -0.3 is 10.2 Å². The zero-order valence-corrected chi connectivity index (χ0v) is 11.7. The van der Waals surface area contributed by atoms with Gasteiger partial charge in [-0.25, -0.2) is 0 Å². The quantitative estimate of drug-likeness (QED) is 0.772. The van der Waals surface area contributed by atoms with Crippen LogP contribution in [0.2, 0.25) is 0 Å².